The molecule has 5 heteroatoms. The summed E-state index contributed by atoms with van der Waals surface area (Å²) < 4.78 is 2.37. The number of rotatable bonds is 4. The predicted molar refractivity (Wildman–Crippen MR) is 86.5 cm³/mol. The Balaban J connectivity index is 1.87. The lowest BCUT2D eigenvalue weighted by molar-refractivity contribution is 0.215. The minimum atomic E-state index is 1.08. The second-order valence-electron chi connectivity index (χ2n) is 4.62. The maximum atomic E-state index is 4.80. The van der Waals surface area contributed by atoms with Gasteiger partial charge in [-0.2, -0.15) is 0 Å². The molecule has 0 fully saturated rings. The van der Waals surface area contributed by atoms with Crippen LogP contribution in [0.1, 0.15) is 25.7 Å². The summed E-state index contributed by atoms with van der Waals surface area (Å²) in [6, 6.07) is 8.29. The highest BCUT2D eigenvalue weighted by molar-refractivity contribution is 8.04. The van der Waals surface area contributed by atoms with Gasteiger partial charge in [0.25, 0.3) is 0 Å². The van der Waals surface area contributed by atoms with Crippen LogP contribution >= 0.6 is 23.1 Å². The van der Waals surface area contributed by atoms with E-state index in [-0.39, 0.29) is 0 Å². The van der Waals surface area contributed by atoms with Crippen molar-refractivity contribution >= 4 is 39.5 Å². The fourth-order valence-electron chi connectivity index (χ4n) is 2.27. The van der Waals surface area contributed by atoms with E-state index in [2.05, 4.69) is 23.4 Å². The Morgan fingerprint density at radius 3 is 3.00 bits per heavy atom. The Hall–Kier alpha value is -1.33. The van der Waals surface area contributed by atoms with Crippen molar-refractivity contribution in [2.45, 2.75) is 30.0 Å². The van der Waals surface area contributed by atoms with Crippen LogP contribution in [-0.2, 0) is 4.84 Å². The first kappa shape index (κ1) is 13.6. The summed E-state index contributed by atoms with van der Waals surface area (Å²) in [5.74, 6) is 0. The maximum Gasteiger partial charge on any atom is 0.155 e. The second kappa shape index (κ2) is 6.41. The third-order valence-corrected chi connectivity index (χ3v) is 5.57. The van der Waals surface area contributed by atoms with E-state index in [0.717, 1.165) is 22.7 Å². The normalized spacial score (nSPS) is 16.2. The molecule has 2 aromatic rings. The van der Waals surface area contributed by atoms with Crippen LogP contribution in [0.3, 0.4) is 0 Å². The van der Waals surface area contributed by atoms with Crippen LogP contribution in [0.15, 0.2) is 44.2 Å². The van der Waals surface area contributed by atoms with E-state index in [4.69, 9.17) is 9.82 Å². The van der Waals surface area contributed by atoms with E-state index in [1.165, 1.54) is 28.0 Å². The first-order valence-electron chi connectivity index (χ1n) is 6.69. The van der Waals surface area contributed by atoms with E-state index < -0.39 is 0 Å². The van der Waals surface area contributed by atoms with E-state index in [0.29, 0.717) is 0 Å². The van der Waals surface area contributed by atoms with Gasteiger partial charge in [-0.3, -0.25) is 0 Å². The Morgan fingerprint density at radius 2 is 2.15 bits per heavy atom. The minimum absolute atomic E-state index is 1.08. The molecule has 20 heavy (non-hydrogen) atoms. The number of hydrogen-bond donors (Lipinski definition) is 0. The standard InChI is InChI=1S/C15H16N2OS2/c1-18-16-10-11-6-2-4-8-13(11)19-15-17-12-7-3-5-9-14(12)20-15/h3,5,7,9-10H,2,4,6,8H2,1H3/b16-10-. The van der Waals surface area contributed by atoms with Crippen molar-refractivity contribution in [3.63, 3.8) is 0 Å². The zero-order valence-corrected chi connectivity index (χ0v) is 13.0. The molecule has 104 valence electrons. The summed E-state index contributed by atoms with van der Waals surface area (Å²) in [6.07, 6.45) is 6.53. The van der Waals surface area contributed by atoms with Gasteiger partial charge in [-0.15, -0.1) is 11.3 Å². The van der Waals surface area contributed by atoms with Crippen molar-refractivity contribution < 1.29 is 4.84 Å². The molecule has 0 unspecified atom stereocenters. The molecule has 3 rings (SSSR count). The SMILES string of the molecule is CO/N=C\C1=C(Sc2nc3ccccc3s2)CCCC1. The maximum absolute atomic E-state index is 4.80. The van der Waals surface area contributed by atoms with Crippen LogP contribution in [0.5, 0.6) is 0 Å². The molecule has 0 amide bonds. The second-order valence-corrected chi connectivity index (χ2v) is 6.99. The molecule has 0 bridgehead atoms. The smallest absolute Gasteiger partial charge is 0.155 e. The average molecular weight is 304 g/mol. The quantitative estimate of drug-likeness (QED) is 0.598. The fraction of sp³-hybridized carbons (Fsp3) is 0.333. The molecule has 0 spiro atoms. The van der Waals surface area contributed by atoms with Gasteiger partial charge in [0.05, 0.1) is 16.4 Å². The molecule has 3 nitrogen and oxygen atoms in total. The predicted octanol–water partition coefficient (Wildman–Crippen LogP) is 4.85. The molecular formula is C15H16N2OS2. The third-order valence-electron chi connectivity index (χ3n) is 3.26. The lowest BCUT2D eigenvalue weighted by atomic mass is 10.0. The van der Waals surface area contributed by atoms with Gasteiger partial charge in [-0.25, -0.2) is 4.98 Å². The monoisotopic (exact) mass is 304 g/mol. The van der Waals surface area contributed by atoms with Crippen LogP contribution in [0.2, 0.25) is 0 Å². The van der Waals surface area contributed by atoms with Crippen LogP contribution in [-0.4, -0.2) is 18.3 Å². The number of fused-ring (bicyclic) bond motifs is 1. The number of para-hydroxylation sites is 1. The Labute approximate surface area is 126 Å². The molecule has 0 atom stereocenters. The first-order valence-corrected chi connectivity index (χ1v) is 8.32. The highest BCUT2D eigenvalue weighted by atomic mass is 32.2. The van der Waals surface area contributed by atoms with Crippen molar-refractivity contribution in [1.82, 2.24) is 4.98 Å². The van der Waals surface area contributed by atoms with Gasteiger partial charge in [-0.1, -0.05) is 29.1 Å². The van der Waals surface area contributed by atoms with Crippen LogP contribution in [0.4, 0.5) is 0 Å². The molecule has 1 aromatic carbocycles. The Bertz CT molecular complexity index is 628. The number of thiazole rings is 1. The van der Waals surface area contributed by atoms with Crippen molar-refractivity contribution in [3.8, 4) is 0 Å². The topological polar surface area (TPSA) is 34.5 Å². The summed E-state index contributed by atoms with van der Waals surface area (Å²) in [5, 5.41) is 3.92. The summed E-state index contributed by atoms with van der Waals surface area (Å²) in [5.41, 5.74) is 2.38. The van der Waals surface area contributed by atoms with Crippen molar-refractivity contribution in [1.29, 1.82) is 0 Å². The summed E-state index contributed by atoms with van der Waals surface area (Å²) in [6.45, 7) is 0. The van der Waals surface area contributed by atoms with Gasteiger partial charge >= 0.3 is 0 Å². The number of oxime groups is 1. The molecule has 1 aliphatic rings. The molecule has 0 saturated carbocycles. The van der Waals surface area contributed by atoms with E-state index in [1.54, 1.807) is 30.2 Å². The lowest BCUT2D eigenvalue weighted by Crippen LogP contribution is -1.99. The molecule has 0 saturated heterocycles. The van der Waals surface area contributed by atoms with Gasteiger partial charge in [0.15, 0.2) is 4.34 Å². The van der Waals surface area contributed by atoms with Gasteiger partial charge < -0.3 is 4.84 Å². The van der Waals surface area contributed by atoms with Crippen molar-refractivity contribution in [3.05, 3.63) is 34.7 Å². The van der Waals surface area contributed by atoms with Crippen molar-refractivity contribution in [2.24, 2.45) is 5.16 Å². The van der Waals surface area contributed by atoms with E-state index in [1.807, 2.05) is 12.3 Å². The molecule has 1 aromatic heterocycles. The van der Waals surface area contributed by atoms with Gasteiger partial charge in [0, 0.05) is 0 Å². The summed E-state index contributed by atoms with van der Waals surface area (Å²) in [4.78, 5) is 10.9. The van der Waals surface area contributed by atoms with Gasteiger partial charge in [0.2, 0.25) is 0 Å². The number of hydrogen-bond acceptors (Lipinski definition) is 5. The fourth-order valence-corrected chi connectivity index (χ4v) is 4.59. The molecule has 1 aliphatic carbocycles. The number of aromatic nitrogens is 1. The van der Waals surface area contributed by atoms with Gasteiger partial charge in [0.1, 0.15) is 7.11 Å². The van der Waals surface area contributed by atoms with Crippen molar-refractivity contribution in [2.75, 3.05) is 7.11 Å². The highest BCUT2D eigenvalue weighted by Gasteiger charge is 2.15. The van der Waals surface area contributed by atoms with E-state index in [9.17, 15) is 0 Å². The number of benzene rings is 1. The zero-order chi connectivity index (χ0) is 13.8. The molecule has 0 aliphatic heterocycles. The highest BCUT2D eigenvalue weighted by Crippen LogP contribution is 2.39. The number of allylic oxidation sites excluding steroid dienone is 2. The average Bonchev–Trinajstić information content (AvgIpc) is 2.88. The van der Waals surface area contributed by atoms with Gasteiger partial charge in [-0.05, 0) is 48.3 Å². The largest absolute Gasteiger partial charge is 0.399 e. The Morgan fingerprint density at radius 1 is 1.30 bits per heavy atom. The van der Waals surface area contributed by atoms with Crippen LogP contribution < -0.4 is 0 Å². The first-order chi connectivity index (χ1) is 9.86. The van der Waals surface area contributed by atoms with E-state index >= 15 is 0 Å². The molecule has 0 N–H and O–H groups in total. The Kier molecular flexibility index (Phi) is 4.38. The number of nitrogens with zero attached hydrogens (tertiary/aromatic N) is 2. The number of thioether (sulfide) groups is 1. The summed E-state index contributed by atoms with van der Waals surface area (Å²) in [7, 11) is 1.58. The minimum Gasteiger partial charge on any atom is -0.399 e. The molecule has 0 radical (unpaired) electrons. The zero-order valence-electron chi connectivity index (χ0n) is 11.3. The lowest BCUT2D eigenvalue weighted by Gasteiger charge is -2.15. The summed E-state index contributed by atoms with van der Waals surface area (Å²) >= 11 is 3.55. The third kappa shape index (κ3) is 3.04. The van der Waals surface area contributed by atoms with Crippen LogP contribution in [0.25, 0.3) is 10.2 Å². The van der Waals surface area contributed by atoms with Crippen LogP contribution in [0, 0.1) is 0 Å². The molecular weight excluding hydrogens is 288 g/mol. The molecule has 1 heterocycles.